The maximum absolute atomic E-state index is 10.1. The van der Waals surface area contributed by atoms with Crippen LogP contribution >= 0.6 is 0 Å². The van der Waals surface area contributed by atoms with Crippen LogP contribution in [-0.4, -0.2) is 54.6 Å². The lowest BCUT2D eigenvalue weighted by Crippen LogP contribution is -2.56. The minimum Gasteiger partial charge on any atom is -0.388 e. The van der Waals surface area contributed by atoms with Crippen molar-refractivity contribution in [1.82, 2.24) is 0 Å². The molecule has 2 heterocycles. The smallest absolute Gasteiger partial charge is 0.157 e. The van der Waals surface area contributed by atoms with Crippen LogP contribution in [0.5, 0.6) is 0 Å². The minimum atomic E-state index is -0.969. The summed E-state index contributed by atoms with van der Waals surface area (Å²) in [6.45, 7) is 1.12. The van der Waals surface area contributed by atoms with Crippen molar-refractivity contribution in [2.75, 3.05) is 24.8 Å². The first-order valence-corrected chi connectivity index (χ1v) is 7.83. The summed E-state index contributed by atoms with van der Waals surface area (Å²) in [5.41, 5.74) is 0.840. The van der Waals surface area contributed by atoms with Gasteiger partial charge in [-0.15, -0.1) is 0 Å². The third kappa shape index (κ3) is 3.77. The zero-order valence-electron chi connectivity index (χ0n) is 12.5. The molecule has 0 aromatic heterocycles. The van der Waals surface area contributed by atoms with Crippen LogP contribution in [0.25, 0.3) is 0 Å². The van der Waals surface area contributed by atoms with Crippen LogP contribution in [0.4, 0.5) is 5.69 Å². The zero-order chi connectivity index (χ0) is 15.4. The third-order valence-corrected chi connectivity index (χ3v) is 4.02. The van der Waals surface area contributed by atoms with Crippen LogP contribution in [0.15, 0.2) is 30.3 Å². The van der Waals surface area contributed by atoms with Gasteiger partial charge < -0.3 is 19.7 Å². The van der Waals surface area contributed by atoms with Crippen molar-refractivity contribution < 1.29 is 24.5 Å². The van der Waals surface area contributed by atoms with Gasteiger partial charge in [-0.2, -0.15) is 0 Å². The number of para-hydroxylation sites is 1. The SMILES string of the molecule is OC1CN(c2ccccc2)OC(COC2CCCCO2)C1O. The van der Waals surface area contributed by atoms with Crippen molar-refractivity contribution in [2.45, 2.75) is 43.9 Å². The second-order valence-electron chi connectivity index (χ2n) is 5.73. The molecule has 2 aliphatic heterocycles. The molecular weight excluding hydrogens is 286 g/mol. The van der Waals surface area contributed by atoms with E-state index in [4.69, 9.17) is 14.3 Å². The van der Waals surface area contributed by atoms with Gasteiger partial charge in [0.15, 0.2) is 6.29 Å². The lowest BCUT2D eigenvalue weighted by molar-refractivity contribution is -0.209. The number of aliphatic hydroxyl groups is 2. The van der Waals surface area contributed by atoms with Gasteiger partial charge in [-0.25, -0.2) is 0 Å². The Hall–Kier alpha value is -1.18. The number of hydroxylamine groups is 1. The molecule has 4 atom stereocenters. The topological polar surface area (TPSA) is 71.4 Å². The molecule has 0 saturated carbocycles. The fourth-order valence-electron chi connectivity index (χ4n) is 2.73. The zero-order valence-corrected chi connectivity index (χ0v) is 12.5. The Morgan fingerprint density at radius 2 is 2.00 bits per heavy atom. The second kappa shape index (κ2) is 7.39. The highest BCUT2D eigenvalue weighted by Gasteiger charge is 2.37. The molecule has 1 aromatic rings. The molecule has 122 valence electrons. The third-order valence-electron chi connectivity index (χ3n) is 4.02. The van der Waals surface area contributed by atoms with Crippen molar-refractivity contribution >= 4 is 5.69 Å². The van der Waals surface area contributed by atoms with Gasteiger partial charge in [-0.05, 0) is 31.4 Å². The Morgan fingerprint density at radius 3 is 2.73 bits per heavy atom. The standard InChI is InChI=1S/C16H23NO5/c18-13-10-17(12-6-2-1-3-7-12)22-14(16(13)19)11-21-15-8-4-5-9-20-15/h1-3,6-7,13-16,18-19H,4-5,8-11H2. The van der Waals surface area contributed by atoms with Gasteiger partial charge in [-0.3, -0.25) is 9.90 Å². The number of ether oxygens (including phenoxy) is 2. The first kappa shape index (κ1) is 15.7. The van der Waals surface area contributed by atoms with E-state index in [-0.39, 0.29) is 19.4 Å². The van der Waals surface area contributed by atoms with E-state index in [1.54, 1.807) is 5.06 Å². The maximum atomic E-state index is 10.1. The van der Waals surface area contributed by atoms with Gasteiger partial charge in [0.1, 0.15) is 18.3 Å². The first-order valence-electron chi connectivity index (χ1n) is 7.83. The van der Waals surface area contributed by atoms with Gasteiger partial charge >= 0.3 is 0 Å². The van der Waals surface area contributed by atoms with Gasteiger partial charge in [0, 0.05) is 6.61 Å². The largest absolute Gasteiger partial charge is 0.388 e. The van der Waals surface area contributed by atoms with Crippen LogP contribution in [-0.2, 0) is 14.3 Å². The molecule has 2 N–H and O–H groups in total. The van der Waals surface area contributed by atoms with E-state index in [9.17, 15) is 10.2 Å². The number of anilines is 1. The average molecular weight is 309 g/mol. The fraction of sp³-hybridized carbons (Fsp3) is 0.625. The summed E-state index contributed by atoms with van der Waals surface area (Å²) in [6, 6.07) is 9.51. The van der Waals surface area contributed by atoms with Gasteiger partial charge in [0.2, 0.25) is 0 Å². The van der Waals surface area contributed by atoms with Crippen LogP contribution in [0.1, 0.15) is 19.3 Å². The number of hydrogen-bond acceptors (Lipinski definition) is 6. The summed E-state index contributed by atoms with van der Waals surface area (Å²) < 4.78 is 11.2. The summed E-state index contributed by atoms with van der Waals surface area (Å²) in [7, 11) is 0. The summed E-state index contributed by atoms with van der Waals surface area (Å²) >= 11 is 0. The van der Waals surface area contributed by atoms with E-state index >= 15 is 0 Å². The number of hydrogen-bond donors (Lipinski definition) is 2. The lowest BCUT2D eigenvalue weighted by Gasteiger charge is -2.40. The van der Waals surface area contributed by atoms with Crippen molar-refractivity contribution in [3.63, 3.8) is 0 Å². The lowest BCUT2D eigenvalue weighted by atomic mass is 10.1. The number of benzene rings is 1. The highest BCUT2D eigenvalue weighted by molar-refractivity contribution is 5.43. The van der Waals surface area contributed by atoms with Crippen LogP contribution < -0.4 is 5.06 Å². The van der Waals surface area contributed by atoms with E-state index in [1.807, 2.05) is 30.3 Å². The van der Waals surface area contributed by atoms with E-state index in [0.717, 1.165) is 24.9 Å². The molecule has 0 aliphatic carbocycles. The molecule has 2 aliphatic rings. The van der Waals surface area contributed by atoms with E-state index < -0.39 is 18.3 Å². The van der Waals surface area contributed by atoms with Crippen LogP contribution in [0.3, 0.4) is 0 Å². The quantitative estimate of drug-likeness (QED) is 0.867. The monoisotopic (exact) mass is 309 g/mol. The maximum Gasteiger partial charge on any atom is 0.157 e. The molecule has 0 amide bonds. The summed E-state index contributed by atoms with van der Waals surface area (Å²) in [5, 5.41) is 21.8. The molecule has 3 rings (SSSR count). The van der Waals surface area contributed by atoms with Crippen molar-refractivity contribution in [3.05, 3.63) is 30.3 Å². The van der Waals surface area contributed by atoms with Gasteiger partial charge in [0.25, 0.3) is 0 Å². The van der Waals surface area contributed by atoms with Crippen molar-refractivity contribution in [1.29, 1.82) is 0 Å². The molecule has 22 heavy (non-hydrogen) atoms. The molecule has 0 radical (unpaired) electrons. The van der Waals surface area contributed by atoms with E-state index in [0.29, 0.717) is 6.61 Å². The number of nitrogens with zero attached hydrogens (tertiary/aromatic N) is 1. The minimum absolute atomic E-state index is 0.187. The molecular formula is C16H23NO5. The molecule has 6 nitrogen and oxygen atoms in total. The van der Waals surface area contributed by atoms with Gasteiger partial charge in [0.05, 0.1) is 18.8 Å². The molecule has 4 unspecified atom stereocenters. The highest BCUT2D eigenvalue weighted by Crippen LogP contribution is 2.23. The number of aliphatic hydroxyl groups excluding tert-OH is 2. The summed E-state index contributed by atoms with van der Waals surface area (Å²) in [5.74, 6) is 0. The Labute approximate surface area is 130 Å². The summed E-state index contributed by atoms with van der Waals surface area (Å²) in [6.07, 6.45) is 0.287. The van der Waals surface area contributed by atoms with Gasteiger partial charge in [-0.1, -0.05) is 18.2 Å². The Bertz CT molecular complexity index is 451. The van der Waals surface area contributed by atoms with Crippen molar-refractivity contribution in [3.8, 4) is 0 Å². The Kier molecular flexibility index (Phi) is 5.28. The normalized spacial score (nSPS) is 32.9. The molecule has 2 fully saturated rings. The van der Waals surface area contributed by atoms with Crippen LogP contribution in [0.2, 0.25) is 0 Å². The average Bonchev–Trinajstić information content (AvgIpc) is 2.58. The predicted octanol–water partition coefficient (Wildman–Crippen LogP) is 1.07. The second-order valence-corrected chi connectivity index (χ2v) is 5.73. The molecule has 2 saturated heterocycles. The Morgan fingerprint density at radius 1 is 1.18 bits per heavy atom. The first-order chi connectivity index (χ1) is 10.7. The number of β-amino-alcohol motifs (C(OH)–C–C–N with tert-alkyl or cyclic N) is 1. The summed E-state index contributed by atoms with van der Waals surface area (Å²) in [4.78, 5) is 5.79. The van der Waals surface area contributed by atoms with Crippen molar-refractivity contribution in [2.24, 2.45) is 0 Å². The molecule has 6 heteroatoms. The predicted molar refractivity (Wildman–Crippen MR) is 80.2 cm³/mol. The van der Waals surface area contributed by atoms with E-state index in [2.05, 4.69) is 0 Å². The molecule has 0 spiro atoms. The fourth-order valence-corrected chi connectivity index (χ4v) is 2.73. The van der Waals surface area contributed by atoms with Crippen LogP contribution in [0, 0.1) is 0 Å². The highest BCUT2D eigenvalue weighted by atomic mass is 16.7. The number of rotatable bonds is 4. The van der Waals surface area contributed by atoms with E-state index in [1.165, 1.54) is 0 Å². The molecule has 0 bridgehead atoms. The Balaban J connectivity index is 1.59. The molecule has 1 aromatic carbocycles.